The van der Waals surface area contributed by atoms with Crippen molar-refractivity contribution in [2.75, 3.05) is 5.32 Å². The maximum atomic E-state index is 11.2. The Balaban J connectivity index is 2.36. The van der Waals surface area contributed by atoms with E-state index in [9.17, 15) is 10.1 Å². The van der Waals surface area contributed by atoms with Crippen molar-refractivity contribution in [3.8, 4) is 0 Å². The highest BCUT2D eigenvalue weighted by atomic mass is 35.5. The summed E-state index contributed by atoms with van der Waals surface area (Å²) in [7, 11) is 0. The summed E-state index contributed by atoms with van der Waals surface area (Å²) in [6.45, 7) is 2.07. The number of rotatable bonds is 6. The van der Waals surface area contributed by atoms with Crippen LogP contribution in [-0.2, 0) is 0 Å². The Morgan fingerprint density at radius 3 is 2.67 bits per heavy atom. The van der Waals surface area contributed by atoms with Crippen LogP contribution in [0.4, 0.5) is 11.4 Å². The second kappa shape index (κ2) is 7.11. The van der Waals surface area contributed by atoms with Gasteiger partial charge in [0, 0.05) is 10.9 Å². The Labute approximate surface area is 136 Å². The summed E-state index contributed by atoms with van der Waals surface area (Å²) in [4.78, 5) is 11.9. The molecule has 0 saturated carbocycles. The molecule has 7 heteroatoms. The molecule has 4 nitrogen and oxygen atoms in total. The van der Waals surface area contributed by atoms with E-state index in [0.717, 1.165) is 17.7 Å². The zero-order chi connectivity index (χ0) is 15.4. The molecule has 1 atom stereocenters. The van der Waals surface area contributed by atoms with Gasteiger partial charge in [-0.1, -0.05) is 42.6 Å². The maximum absolute atomic E-state index is 11.2. The van der Waals surface area contributed by atoms with Crippen LogP contribution in [0.3, 0.4) is 0 Å². The molecule has 1 unspecified atom stereocenters. The zero-order valence-electron chi connectivity index (χ0n) is 11.3. The predicted molar refractivity (Wildman–Crippen MR) is 88.7 cm³/mol. The molecule has 2 aromatic rings. The van der Waals surface area contributed by atoms with Gasteiger partial charge in [-0.2, -0.15) is 0 Å². The Morgan fingerprint density at radius 1 is 1.38 bits per heavy atom. The molecule has 1 aromatic heterocycles. The molecule has 2 rings (SSSR count). The molecule has 0 saturated heterocycles. The fourth-order valence-corrected chi connectivity index (χ4v) is 3.19. The van der Waals surface area contributed by atoms with E-state index in [0.29, 0.717) is 10.7 Å². The molecule has 0 aliphatic rings. The van der Waals surface area contributed by atoms with Crippen LogP contribution in [0.25, 0.3) is 0 Å². The third-order valence-corrected chi connectivity index (χ3v) is 4.74. The molecule has 0 aliphatic heterocycles. The second-order valence-electron chi connectivity index (χ2n) is 4.54. The molecule has 1 N–H and O–H groups in total. The average Bonchev–Trinajstić information content (AvgIpc) is 2.95. The number of nitro groups is 1. The van der Waals surface area contributed by atoms with Gasteiger partial charge in [-0.3, -0.25) is 10.1 Å². The van der Waals surface area contributed by atoms with Gasteiger partial charge in [0.2, 0.25) is 0 Å². The summed E-state index contributed by atoms with van der Waals surface area (Å²) in [5.41, 5.74) is 0.323. The lowest BCUT2D eigenvalue weighted by atomic mass is 10.1. The van der Waals surface area contributed by atoms with Gasteiger partial charge in [0.1, 0.15) is 5.69 Å². The van der Waals surface area contributed by atoms with Crippen LogP contribution in [0.5, 0.6) is 0 Å². The smallest absolute Gasteiger partial charge is 0.293 e. The highest BCUT2D eigenvalue weighted by Gasteiger charge is 2.20. The highest BCUT2D eigenvalue weighted by Crippen LogP contribution is 2.37. The lowest BCUT2D eigenvalue weighted by Gasteiger charge is -2.18. The maximum Gasteiger partial charge on any atom is 0.293 e. The van der Waals surface area contributed by atoms with Crippen molar-refractivity contribution < 1.29 is 4.92 Å². The van der Waals surface area contributed by atoms with Gasteiger partial charge < -0.3 is 5.32 Å². The lowest BCUT2D eigenvalue weighted by molar-refractivity contribution is -0.384. The summed E-state index contributed by atoms with van der Waals surface area (Å²) in [5, 5.41) is 16.9. The molecule has 112 valence electrons. The molecule has 21 heavy (non-hydrogen) atoms. The van der Waals surface area contributed by atoms with Gasteiger partial charge >= 0.3 is 0 Å². The molecule has 0 bridgehead atoms. The first-order valence-corrected chi connectivity index (χ1v) is 8.09. The second-order valence-corrected chi connectivity index (χ2v) is 6.34. The number of nitrogens with one attached hydrogen (secondary N) is 1. The minimum Gasteiger partial charge on any atom is -0.372 e. The molecule has 0 radical (unpaired) electrons. The number of hydrogen-bond donors (Lipinski definition) is 1. The average molecular weight is 345 g/mol. The van der Waals surface area contributed by atoms with Crippen molar-refractivity contribution in [3.05, 3.63) is 54.7 Å². The largest absolute Gasteiger partial charge is 0.372 e. The van der Waals surface area contributed by atoms with E-state index < -0.39 is 4.92 Å². The Hall–Kier alpha value is -1.30. The van der Waals surface area contributed by atoms with Crippen molar-refractivity contribution in [2.45, 2.75) is 25.8 Å². The lowest BCUT2D eigenvalue weighted by Crippen LogP contribution is -2.10. The first-order chi connectivity index (χ1) is 10.0. The monoisotopic (exact) mass is 344 g/mol. The van der Waals surface area contributed by atoms with Gasteiger partial charge in [-0.15, -0.1) is 11.3 Å². The normalized spacial score (nSPS) is 12.1. The molecule has 1 aromatic carbocycles. The minimum absolute atomic E-state index is 0.0194. The van der Waals surface area contributed by atoms with Crippen LogP contribution in [0, 0.1) is 10.1 Å². The number of anilines is 1. The molecule has 0 aliphatic carbocycles. The quantitative estimate of drug-likeness (QED) is 0.522. The summed E-state index contributed by atoms with van der Waals surface area (Å²) < 4.78 is 0. The number of hydrogen-bond acceptors (Lipinski definition) is 4. The Bertz CT molecular complexity index is 632. The Kier molecular flexibility index (Phi) is 5.45. The van der Waals surface area contributed by atoms with E-state index in [4.69, 9.17) is 23.2 Å². The van der Waals surface area contributed by atoms with Gasteiger partial charge in [0.05, 0.1) is 21.0 Å². The van der Waals surface area contributed by atoms with Crippen molar-refractivity contribution in [1.29, 1.82) is 0 Å². The van der Waals surface area contributed by atoms with Gasteiger partial charge in [0.25, 0.3) is 5.69 Å². The van der Waals surface area contributed by atoms with Crippen molar-refractivity contribution in [1.82, 2.24) is 0 Å². The van der Waals surface area contributed by atoms with E-state index in [2.05, 4.69) is 12.2 Å². The molecule has 0 fully saturated rings. The van der Waals surface area contributed by atoms with E-state index in [-0.39, 0.29) is 16.8 Å². The van der Waals surface area contributed by atoms with Crippen LogP contribution in [0.1, 0.15) is 30.7 Å². The summed E-state index contributed by atoms with van der Waals surface area (Å²) >= 11 is 13.5. The highest BCUT2D eigenvalue weighted by molar-refractivity contribution is 7.10. The van der Waals surface area contributed by atoms with Crippen LogP contribution in [0.2, 0.25) is 10.0 Å². The number of benzene rings is 1. The number of nitrogens with zero attached hydrogens (tertiary/aromatic N) is 1. The molecular weight excluding hydrogens is 331 g/mol. The van der Waals surface area contributed by atoms with Crippen LogP contribution in [-0.4, -0.2) is 4.92 Å². The van der Waals surface area contributed by atoms with Crippen molar-refractivity contribution in [2.24, 2.45) is 0 Å². The third-order valence-electron chi connectivity index (χ3n) is 3.03. The SMILES string of the molecule is CCCC(Nc1cc(Cl)c(Cl)cc1[N+](=O)[O-])c1cccs1. The molecule has 1 heterocycles. The summed E-state index contributed by atoms with van der Waals surface area (Å²) in [6, 6.07) is 6.79. The van der Waals surface area contributed by atoms with Crippen LogP contribution >= 0.6 is 34.5 Å². The molecule has 0 amide bonds. The predicted octanol–water partition coefficient (Wildman–Crippen LogP) is 5.92. The first-order valence-electron chi connectivity index (χ1n) is 6.46. The van der Waals surface area contributed by atoms with E-state index in [1.165, 1.54) is 12.1 Å². The fraction of sp³-hybridized carbons (Fsp3) is 0.286. The summed E-state index contributed by atoms with van der Waals surface area (Å²) in [5.74, 6) is 0. The van der Waals surface area contributed by atoms with Gasteiger partial charge in [-0.05, 0) is 23.9 Å². The van der Waals surface area contributed by atoms with Crippen LogP contribution in [0.15, 0.2) is 29.6 Å². The number of halogens is 2. The van der Waals surface area contributed by atoms with Crippen molar-refractivity contribution >= 4 is 45.9 Å². The van der Waals surface area contributed by atoms with Gasteiger partial charge in [0.15, 0.2) is 0 Å². The standard InChI is InChI=1S/C14H14Cl2N2O2S/c1-2-4-11(14-5-3-6-21-14)17-12-7-9(15)10(16)8-13(12)18(19)20/h3,5-8,11,17H,2,4H2,1H3. The first kappa shape index (κ1) is 16.1. The minimum atomic E-state index is -0.456. The molecule has 0 spiro atoms. The zero-order valence-corrected chi connectivity index (χ0v) is 13.6. The van der Waals surface area contributed by atoms with E-state index in [1.54, 1.807) is 11.3 Å². The summed E-state index contributed by atoms with van der Waals surface area (Å²) in [6.07, 6.45) is 1.84. The van der Waals surface area contributed by atoms with E-state index >= 15 is 0 Å². The Morgan fingerprint density at radius 2 is 2.10 bits per heavy atom. The van der Waals surface area contributed by atoms with Crippen LogP contribution < -0.4 is 5.32 Å². The van der Waals surface area contributed by atoms with Gasteiger partial charge in [-0.25, -0.2) is 0 Å². The van der Waals surface area contributed by atoms with E-state index in [1.807, 2.05) is 17.5 Å². The van der Waals surface area contributed by atoms with Crippen molar-refractivity contribution in [3.63, 3.8) is 0 Å². The number of nitro benzene ring substituents is 1. The molecular formula is C14H14Cl2N2O2S. The third kappa shape index (κ3) is 3.87. The topological polar surface area (TPSA) is 55.2 Å². The number of thiophene rings is 1. The fourth-order valence-electron chi connectivity index (χ4n) is 2.05.